The van der Waals surface area contributed by atoms with Gasteiger partial charge in [-0.15, -0.1) is 0 Å². The SMILES string of the molecule is Cc1cnn(C)c1NCC(C)C. The van der Waals surface area contributed by atoms with Crippen LogP contribution in [-0.2, 0) is 7.05 Å². The molecule has 0 aromatic carbocycles. The van der Waals surface area contributed by atoms with Crippen molar-refractivity contribution in [1.29, 1.82) is 0 Å². The minimum absolute atomic E-state index is 0.666. The second-order valence-electron chi connectivity index (χ2n) is 3.57. The molecule has 1 rings (SSSR count). The molecule has 1 heterocycles. The van der Waals surface area contributed by atoms with E-state index in [2.05, 4.69) is 31.2 Å². The van der Waals surface area contributed by atoms with Crippen molar-refractivity contribution in [3.8, 4) is 0 Å². The summed E-state index contributed by atoms with van der Waals surface area (Å²) in [5.41, 5.74) is 1.21. The highest BCUT2D eigenvalue weighted by molar-refractivity contribution is 5.42. The van der Waals surface area contributed by atoms with Gasteiger partial charge in [-0.3, -0.25) is 4.68 Å². The highest BCUT2D eigenvalue weighted by Crippen LogP contribution is 2.12. The molecule has 0 atom stereocenters. The molecule has 3 nitrogen and oxygen atoms in total. The Hall–Kier alpha value is -0.990. The fourth-order valence-electron chi connectivity index (χ4n) is 1.10. The summed E-state index contributed by atoms with van der Waals surface area (Å²) in [5.74, 6) is 1.79. The van der Waals surface area contributed by atoms with Crippen molar-refractivity contribution >= 4 is 5.82 Å². The van der Waals surface area contributed by atoms with E-state index in [1.165, 1.54) is 5.56 Å². The van der Waals surface area contributed by atoms with Crippen LogP contribution in [-0.4, -0.2) is 16.3 Å². The molecule has 3 heteroatoms. The largest absolute Gasteiger partial charge is 0.370 e. The molecule has 0 bridgehead atoms. The Labute approximate surface area is 73.8 Å². The molecule has 0 saturated heterocycles. The maximum absolute atomic E-state index is 4.15. The summed E-state index contributed by atoms with van der Waals surface area (Å²) in [4.78, 5) is 0. The molecule has 68 valence electrons. The standard InChI is InChI=1S/C9H17N3/c1-7(2)5-10-9-8(3)6-11-12(9)4/h6-7,10H,5H2,1-4H3. The van der Waals surface area contributed by atoms with Crippen molar-refractivity contribution in [2.24, 2.45) is 13.0 Å². The monoisotopic (exact) mass is 167 g/mol. The fourth-order valence-corrected chi connectivity index (χ4v) is 1.10. The van der Waals surface area contributed by atoms with Crippen molar-refractivity contribution in [2.45, 2.75) is 20.8 Å². The number of aryl methyl sites for hydroxylation is 2. The van der Waals surface area contributed by atoms with Crippen LogP contribution in [0.5, 0.6) is 0 Å². The van der Waals surface area contributed by atoms with Gasteiger partial charge in [-0.05, 0) is 12.8 Å². The van der Waals surface area contributed by atoms with Crippen LogP contribution in [0.25, 0.3) is 0 Å². The lowest BCUT2D eigenvalue weighted by Crippen LogP contribution is -2.11. The summed E-state index contributed by atoms with van der Waals surface area (Å²) in [7, 11) is 1.95. The molecular weight excluding hydrogens is 150 g/mol. The number of nitrogens with one attached hydrogen (secondary N) is 1. The van der Waals surface area contributed by atoms with E-state index >= 15 is 0 Å². The van der Waals surface area contributed by atoms with E-state index in [9.17, 15) is 0 Å². The Morgan fingerprint density at radius 2 is 2.25 bits per heavy atom. The zero-order valence-electron chi connectivity index (χ0n) is 8.26. The lowest BCUT2D eigenvalue weighted by molar-refractivity contribution is 0.675. The lowest BCUT2D eigenvalue weighted by Gasteiger charge is -2.09. The maximum Gasteiger partial charge on any atom is 0.126 e. The molecule has 0 saturated carbocycles. The predicted molar refractivity (Wildman–Crippen MR) is 51.3 cm³/mol. The second kappa shape index (κ2) is 3.61. The summed E-state index contributed by atoms with van der Waals surface area (Å²) in [5, 5.41) is 7.51. The van der Waals surface area contributed by atoms with Crippen LogP contribution in [0.1, 0.15) is 19.4 Å². The Morgan fingerprint density at radius 1 is 1.58 bits per heavy atom. The van der Waals surface area contributed by atoms with E-state index in [1.807, 2.05) is 17.9 Å². The minimum atomic E-state index is 0.666. The van der Waals surface area contributed by atoms with Gasteiger partial charge in [0.15, 0.2) is 0 Å². The average molecular weight is 167 g/mol. The summed E-state index contributed by atoms with van der Waals surface area (Å²) < 4.78 is 1.87. The quantitative estimate of drug-likeness (QED) is 0.744. The number of nitrogens with zero attached hydrogens (tertiary/aromatic N) is 2. The van der Waals surface area contributed by atoms with E-state index < -0.39 is 0 Å². The van der Waals surface area contributed by atoms with Crippen LogP contribution in [0.15, 0.2) is 6.20 Å². The van der Waals surface area contributed by atoms with Crippen LogP contribution < -0.4 is 5.32 Å². The Kier molecular flexibility index (Phi) is 2.74. The van der Waals surface area contributed by atoms with Gasteiger partial charge in [0.1, 0.15) is 5.82 Å². The summed E-state index contributed by atoms with van der Waals surface area (Å²) in [6.07, 6.45) is 1.88. The maximum atomic E-state index is 4.15. The van der Waals surface area contributed by atoms with Gasteiger partial charge in [0.25, 0.3) is 0 Å². The number of rotatable bonds is 3. The average Bonchev–Trinajstić information content (AvgIpc) is 2.28. The molecule has 0 aliphatic carbocycles. The molecule has 0 amide bonds. The van der Waals surface area contributed by atoms with Gasteiger partial charge >= 0.3 is 0 Å². The van der Waals surface area contributed by atoms with Crippen LogP contribution in [0.2, 0.25) is 0 Å². The van der Waals surface area contributed by atoms with Crippen molar-refractivity contribution < 1.29 is 0 Å². The molecule has 12 heavy (non-hydrogen) atoms. The van der Waals surface area contributed by atoms with Gasteiger partial charge in [-0.1, -0.05) is 13.8 Å². The molecule has 0 radical (unpaired) electrons. The van der Waals surface area contributed by atoms with Crippen molar-refractivity contribution in [2.75, 3.05) is 11.9 Å². The van der Waals surface area contributed by atoms with E-state index in [-0.39, 0.29) is 0 Å². The number of hydrogen-bond donors (Lipinski definition) is 1. The third-order valence-electron chi connectivity index (χ3n) is 1.80. The van der Waals surface area contributed by atoms with Gasteiger partial charge in [0.05, 0.1) is 6.20 Å². The van der Waals surface area contributed by atoms with E-state index in [1.54, 1.807) is 0 Å². The summed E-state index contributed by atoms with van der Waals surface area (Å²) in [6, 6.07) is 0. The lowest BCUT2D eigenvalue weighted by atomic mass is 10.2. The van der Waals surface area contributed by atoms with E-state index in [0.29, 0.717) is 5.92 Å². The first-order chi connectivity index (χ1) is 5.61. The highest BCUT2D eigenvalue weighted by atomic mass is 15.3. The topological polar surface area (TPSA) is 29.9 Å². The van der Waals surface area contributed by atoms with Crippen molar-refractivity contribution in [1.82, 2.24) is 9.78 Å². The fraction of sp³-hybridized carbons (Fsp3) is 0.667. The minimum Gasteiger partial charge on any atom is -0.370 e. The number of anilines is 1. The van der Waals surface area contributed by atoms with Gasteiger partial charge in [0.2, 0.25) is 0 Å². The van der Waals surface area contributed by atoms with Gasteiger partial charge in [-0.2, -0.15) is 5.10 Å². The van der Waals surface area contributed by atoms with Crippen LogP contribution in [0.3, 0.4) is 0 Å². The zero-order valence-corrected chi connectivity index (χ0v) is 8.26. The summed E-state index contributed by atoms with van der Waals surface area (Å²) in [6.45, 7) is 7.45. The molecule has 0 aliphatic heterocycles. The van der Waals surface area contributed by atoms with Crippen molar-refractivity contribution in [3.63, 3.8) is 0 Å². The molecule has 1 aromatic rings. The Bertz CT molecular complexity index is 231. The summed E-state index contributed by atoms with van der Waals surface area (Å²) >= 11 is 0. The molecule has 1 aromatic heterocycles. The van der Waals surface area contributed by atoms with Gasteiger partial charge in [0, 0.05) is 19.2 Å². The molecule has 0 aliphatic rings. The third-order valence-corrected chi connectivity index (χ3v) is 1.80. The van der Waals surface area contributed by atoms with E-state index in [4.69, 9.17) is 0 Å². The smallest absolute Gasteiger partial charge is 0.126 e. The normalized spacial score (nSPS) is 10.8. The van der Waals surface area contributed by atoms with Crippen molar-refractivity contribution in [3.05, 3.63) is 11.8 Å². The van der Waals surface area contributed by atoms with E-state index in [0.717, 1.165) is 12.4 Å². The molecule has 0 fully saturated rings. The van der Waals surface area contributed by atoms with Crippen LogP contribution in [0, 0.1) is 12.8 Å². The van der Waals surface area contributed by atoms with Gasteiger partial charge < -0.3 is 5.32 Å². The first-order valence-corrected chi connectivity index (χ1v) is 4.33. The van der Waals surface area contributed by atoms with Crippen LogP contribution >= 0.6 is 0 Å². The first kappa shape index (κ1) is 9.10. The predicted octanol–water partition coefficient (Wildman–Crippen LogP) is 1.80. The first-order valence-electron chi connectivity index (χ1n) is 4.33. The molecule has 0 spiro atoms. The van der Waals surface area contributed by atoms with Gasteiger partial charge in [-0.25, -0.2) is 0 Å². The second-order valence-corrected chi connectivity index (χ2v) is 3.57. The zero-order chi connectivity index (χ0) is 9.14. The Morgan fingerprint density at radius 3 is 2.67 bits per heavy atom. The number of hydrogen-bond acceptors (Lipinski definition) is 2. The number of aromatic nitrogens is 2. The van der Waals surface area contributed by atoms with Crippen LogP contribution in [0.4, 0.5) is 5.82 Å². The highest BCUT2D eigenvalue weighted by Gasteiger charge is 2.03. The Balaban J connectivity index is 2.62. The third kappa shape index (κ3) is 2.00. The molecule has 0 unspecified atom stereocenters. The molecular formula is C9H17N3. The molecule has 1 N–H and O–H groups in total.